The summed E-state index contributed by atoms with van der Waals surface area (Å²) in [6.07, 6.45) is -0.0624. The first-order chi connectivity index (χ1) is 17.9. The number of pyridine rings is 1. The number of furan rings is 1. The lowest BCUT2D eigenvalue weighted by Gasteiger charge is -2.49. The van der Waals surface area contributed by atoms with Crippen molar-refractivity contribution in [2.75, 3.05) is 0 Å². The van der Waals surface area contributed by atoms with E-state index in [1.807, 2.05) is 6.92 Å². The molecule has 0 atom stereocenters. The van der Waals surface area contributed by atoms with E-state index in [1.54, 1.807) is 0 Å². The van der Waals surface area contributed by atoms with Gasteiger partial charge in [-0.25, -0.2) is 4.79 Å². The van der Waals surface area contributed by atoms with Crippen LogP contribution in [0.3, 0.4) is 0 Å². The molecular formula is C28H41N3O8. The molecule has 3 rings (SSSR count). The summed E-state index contributed by atoms with van der Waals surface area (Å²) >= 11 is 0. The van der Waals surface area contributed by atoms with Crippen LogP contribution in [0.15, 0.2) is 34.7 Å². The Morgan fingerprint density at radius 1 is 0.974 bits per heavy atom. The van der Waals surface area contributed by atoms with Crippen LogP contribution in [0.4, 0.5) is 0 Å². The lowest BCUT2D eigenvalue weighted by Crippen LogP contribution is -2.62. The van der Waals surface area contributed by atoms with Gasteiger partial charge in [-0.15, -0.1) is 0 Å². The molecule has 2 aromatic heterocycles. The molecule has 2 aromatic rings. The highest BCUT2D eigenvalue weighted by atomic mass is 16.4. The van der Waals surface area contributed by atoms with Crippen molar-refractivity contribution in [3.8, 4) is 0 Å². The zero-order valence-corrected chi connectivity index (χ0v) is 23.5. The number of carboxylic acid groups (broad SMARTS) is 3. The van der Waals surface area contributed by atoms with E-state index in [4.69, 9.17) is 29.8 Å². The van der Waals surface area contributed by atoms with Crippen molar-refractivity contribution in [1.29, 1.82) is 0 Å². The van der Waals surface area contributed by atoms with Gasteiger partial charge in [0, 0.05) is 29.4 Å². The number of nitrogens with zero attached hydrogens (tertiary/aromatic N) is 2. The van der Waals surface area contributed by atoms with Gasteiger partial charge >= 0.3 is 17.9 Å². The highest BCUT2D eigenvalue weighted by Gasteiger charge is 2.41. The Morgan fingerprint density at radius 3 is 1.97 bits per heavy atom. The fourth-order valence-electron chi connectivity index (χ4n) is 5.22. The highest BCUT2D eigenvalue weighted by molar-refractivity contribution is 5.88. The summed E-state index contributed by atoms with van der Waals surface area (Å²) in [6, 6.07) is 10.9. The predicted octanol–water partition coefficient (Wildman–Crippen LogP) is 3.35. The van der Waals surface area contributed by atoms with Crippen molar-refractivity contribution < 1.29 is 39.2 Å². The van der Waals surface area contributed by atoms with Gasteiger partial charge in [-0.1, -0.05) is 6.07 Å². The minimum atomic E-state index is -2.74. The van der Waals surface area contributed by atoms with E-state index < -0.39 is 36.4 Å². The number of carbonyl (C=O) groups is 3. The van der Waals surface area contributed by atoms with Crippen LogP contribution in [0, 0.1) is 13.8 Å². The minimum Gasteiger partial charge on any atom is -0.481 e. The van der Waals surface area contributed by atoms with Crippen LogP contribution in [-0.4, -0.2) is 70.9 Å². The summed E-state index contributed by atoms with van der Waals surface area (Å²) in [5.74, 6) is -3.02. The first kappa shape index (κ1) is 31.9. The predicted molar refractivity (Wildman–Crippen MR) is 143 cm³/mol. The summed E-state index contributed by atoms with van der Waals surface area (Å²) in [5, 5.41) is 37.6. The maximum atomic E-state index is 10.3. The Kier molecular flexibility index (Phi) is 10.4. The molecule has 5 N–H and O–H groups in total. The molecule has 11 nitrogen and oxygen atoms in total. The number of hydrogen-bond donors (Lipinski definition) is 5. The molecule has 0 amide bonds. The number of aliphatic hydroxyl groups is 1. The molecule has 0 saturated carbocycles. The third-order valence-corrected chi connectivity index (χ3v) is 6.44. The fraction of sp³-hybridized carbons (Fsp3) is 0.571. The summed E-state index contributed by atoms with van der Waals surface area (Å²) in [7, 11) is 0. The van der Waals surface area contributed by atoms with E-state index in [9.17, 15) is 14.4 Å². The molecule has 216 valence electrons. The van der Waals surface area contributed by atoms with E-state index >= 15 is 0 Å². The van der Waals surface area contributed by atoms with Gasteiger partial charge < -0.3 is 30.2 Å². The van der Waals surface area contributed by atoms with E-state index in [-0.39, 0.29) is 11.1 Å². The summed E-state index contributed by atoms with van der Waals surface area (Å²) in [4.78, 5) is 37.8. The average Bonchev–Trinajstić information content (AvgIpc) is 3.15. The molecule has 0 aromatic carbocycles. The van der Waals surface area contributed by atoms with Crippen LogP contribution < -0.4 is 5.32 Å². The standard InChI is InChI=1S/C22H33N3O.C6H8O7/c1-16-8-7-9-18(23-16)14-25(15-20-11-10-17(2)26-20)19-12-21(3,4)24-22(5,6)13-19;7-3(8)1-6(13,5(11)12)2-4(9)10/h7-11,19,24H,12-15H2,1-6H3;13H,1-2H2,(H,7,8)(H,9,10)(H,11,12). The van der Waals surface area contributed by atoms with Crippen molar-refractivity contribution in [3.05, 3.63) is 53.2 Å². The number of aromatic nitrogens is 1. The Bertz CT molecular complexity index is 1130. The van der Waals surface area contributed by atoms with E-state index in [0.29, 0.717) is 6.04 Å². The van der Waals surface area contributed by atoms with Gasteiger partial charge in [0.25, 0.3) is 0 Å². The quantitative estimate of drug-likeness (QED) is 0.295. The van der Waals surface area contributed by atoms with Crippen molar-refractivity contribution in [2.45, 2.75) is 103 Å². The Labute approximate surface area is 228 Å². The second-order valence-electron chi connectivity index (χ2n) is 11.6. The monoisotopic (exact) mass is 547 g/mol. The van der Waals surface area contributed by atoms with Gasteiger partial charge in [0.1, 0.15) is 11.5 Å². The van der Waals surface area contributed by atoms with Crippen LogP contribution in [0.2, 0.25) is 0 Å². The third kappa shape index (κ3) is 10.4. The van der Waals surface area contributed by atoms with Gasteiger partial charge in [-0.3, -0.25) is 19.5 Å². The van der Waals surface area contributed by atoms with Crippen LogP contribution >= 0.6 is 0 Å². The van der Waals surface area contributed by atoms with Gasteiger partial charge in [-0.05, 0) is 78.6 Å². The topological polar surface area (TPSA) is 173 Å². The molecule has 11 heteroatoms. The number of carboxylic acids is 3. The molecule has 1 fully saturated rings. The zero-order valence-electron chi connectivity index (χ0n) is 23.5. The summed E-state index contributed by atoms with van der Waals surface area (Å²) in [6.45, 7) is 15.0. The molecule has 0 radical (unpaired) electrons. The summed E-state index contributed by atoms with van der Waals surface area (Å²) < 4.78 is 5.89. The normalized spacial score (nSPS) is 16.8. The number of piperidine rings is 1. The van der Waals surface area contributed by atoms with Gasteiger partial charge in [0.05, 0.1) is 25.1 Å². The van der Waals surface area contributed by atoms with Crippen molar-refractivity contribution in [3.63, 3.8) is 0 Å². The molecule has 3 heterocycles. The first-order valence-corrected chi connectivity index (χ1v) is 12.8. The van der Waals surface area contributed by atoms with Crippen LogP contribution in [0.25, 0.3) is 0 Å². The van der Waals surface area contributed by atoms with Crippen molar-refractivity contribution in [2.24, 2.45) is 0 Å². The number of aliphatic carboxylic acids is 3. The van der Waals surface area contributed by atoms with E-state index in [1.165, 1.54) is 0 Å². The molecule has 0 bridgehead atoms. The second-order valence-corrected chi connectivity index (χ2v) is 11.6. The van der Waals surface area contributed by atoms with E-state index in [0.717, 1.165) is 48.8 Å². The SMILES string of the molecule is Cc1cccc(CN(Cc2ccc(C)o2)C2CC(C)(C)NC(C)(C)C2)n1.O=C(O)CC(O)(CC(=O)O)C(=O)O. The van der Waals surface area contributed by atoms with Gasteiger partial charge in [-0.2, -0.15) is 0 Å². The highest BCUT2D eigenvalue weighted by Crippen LogP contribution is 2.33. The van der Waals surface area contributed by atoms with Gasteiger partial charge in [0.15, 0.2) is 5.60 Å². The fourth-order valence-corrected chi connectivity index (χ4v) is 5.22. The molecule has 39 heavy (non-hydrogen) atoms. The second kappa shape index (κ2) is 12.7. The van der Waals surface area contributed by atoms with E-state index in [2.05, 4.69) is 75.2 Å². The van der Waals surface area contributed by atoms with Crippen LogP contribution in [0.5, 0.6) is 0 Å². The zero-order chi connectivity index (χ0) is 29.6. The molecule has 1 aliphatic rings. The largest absolute Gasteiger partial charge is 0.481 e. The lowest BCUT2D eigenvalue weighted by atomic mass is 9.79. The lowest BCUT2D eigenvalue weighted by molar-refractivity contribution is -0.170. The molecule has 0 unspecified atom stereocenters. The molecule has 0 aliphatic carbocycles. The number of aryl methyl sites for hydroxylation is 2. The Morgan fingerprint density at radius 2 is 1.54 bits per heavy atom. The number of hydrogen-bond acceptors (Lipinski definition) is 8. The Balaban J connectivity index is 0.000000349. The minimum absolute atomic E-state index is 0.115. The van der Waals surface area contributed by atoms with Crippen molar-refractivity contribution >= 4 is 17.9 Å². The molecular weight excluding hydrogens is 506 g/mol. The first-order valence-electron chi connectivity index (χ1n) is 12.8. The Hall–Kier alpha value is -3.28. The summed E-state index contributed by atoms with van der Waals surface area (Å²) in [5.41, 5.74) is -0.310. The van der Waals surface area contributed by atoms with Gasteiger partial charge in [0.2, 0.25) is 0 Å². The smallest absolute Gasteiger partial charge is 0.336 e. The molecule has 1 aliphatic heterocycles. The maximum Gasteiger partial charge on any atom is 0.336 e. The maximum absolute atomic E-state index is 10.3. The number of rotatable bonds is 10. The van der Waals surface area contributed by atoms with Crippen LogP contribution in [0.1, 0.15) is 76.3 Å². The number of nitrogens with one attached hydrogen (secondary N) is 1. The van der Waals surface area contributed by atoms with Crippen LogP contribution in [-0.2, 0) is 27.5 Å². The molecule has 0 spiro atoms. The third-order valence-electron chi connectivity index (χ3n) is 6.44. The molecule has 1 saturated heterocycles. The average molecular weight is 548 g/mol. The van der Waals surface area contributed by atoms with Crippen molar-refractivity contribution in [1.82, 2.24) is 15.2 Å².